The average molecular weight is 300 g/mol. The van der Waals surface area contributed by atoms with Gasteiger partial charge in [0.05, 0.1) is 0 Å². The van der Waals surface area contributed by atoms with Gasteiger partial charge in [0, 0.05) is 26.1 Å². The monoisotopic (exact) mass is 300 g/mol. The molecule has 2 amide bonds. The van der Waals surface area contributed by atoms with E-state index < -0.39 is 5.97 Å². The summed E-state index contributed by atoms with van der Waals surface area (Å²) in [5.74, 6) is -0.469. The Morgan fingerprint density at radius 2 is 1.81 bits per heavy atom. The van der Waals surface area contributed by atoms with Gasteiger partial charge >= 0.3 is 12.0 Å². The largest absolute Gasteiger partial charge is 0.481 e. The third-order valence-corrected chi connectivity index (χ3v) is 3.86. The lowest BCUT2D eigenvalue weighted by Crippen LogP contribution is -2.41. The standard InChI is InChI=1S/C16H32N2O3/c1-6-12-18(7-2)15(21)17-11-10-13(16(3,4)5)8-9-14(19)20/h13H,6-12H2,1-5H3,(H,17,21)(H,19,20). The van der Waals surface area contributed by atoms with Crippen molar-refractivity contribution < 1.29 is 14.7 Å². The van der Waals surface area contributed by atoms with E-state index in [4.69, 9.17) is 5.11 Å². The van der Waals surface area contributed by atoms with Crippen LogP contribution in [0.1, 0.15) is 60.3 Å². The molecule has 5 nitrogen and oxygen atoms in total. The molecular weight excluding hydrogens is 268 g/mol. The fourth-order valence-electron chi connectivity index (χ4n) is 2.45. The Bertz CT molecular complexity index is 324. The Morgan fingerprint density at radius 3 is 2.24 bits per heavy atom. The van der Waals surface area contributed by atoms with Crippen molar-refractivity contribution in [2.75, 3.05) is 19.6 Å². The number of hydrogen-bond donors (Lipinski definition) is 2. The fourth-order valence-corrected chi connectivity index (χ4v) is 2.45. The number of aliphatic carboxylic acids is 1. The molecule has 0 aliphatic rings. The smallest absolute Gasteiger partial charge is 0.317 e. The maximum absolute atomic E-state index is 12.0. The van der Waals surface area contributed by atoms with Gasteiger partial charge in [0.2, 0.25) is 0 Å². The van der Waals surface area contributed by atoms with Crippen molar-refractivity contribution in [2.24, 2.45) is 11.3 Å². The molecule has 0 bridgehead atoms. The molecule has 0 aliphatic carbocycles. The number of nitrogens with zero attached hydrogens (tertiary/aromatic N) is 1. The van der Waals surface area contributed by atoms with Crippen molar-refractivity contribution in [3.05, 3.63) is 0 Å². The fraction of sp³-hybridized carbons (Fsp3) is 0.875. The van der Waals surface area contributed by atoms with Crippen molar-refractivity contribution in [2.45, 2.75) is 60.3 Å². The molecule has 1 unspecified atom stereocenters. The predicted octanol–water partition coefficient (Wildman–Crippen LogP) is 3.35. The maximum atomic E-state index is 12.0. The summed E-state index contributed by atoms with van der Waals surface area (Å²) >= 11 is 0. The Balaban J connectivity index is 4.30. The molecule has 0 radical (unpaired) electrons. The van der Waals surface area contributed by atoms with Gasteiger partial charge in [0.15, 0.2) is 0 Å². The summed E-state index contributed by atoms with van der Waals surface area (Å²) in [6.45, 7) is 12.5. The summed E-state index contributed by atoms with van der Waals surface area (Å²) in [6, 6.07) is -0.0229. The van der Waals surface area contributed by atoms with Crippen LogP contribution in [0.25, 0.3) is 0 Å². The second kappa shape index (κ2) is 9.64. The van der Waals surface area contributed by atoms with E-state index in [-0.39, 0.29) is 23.8 Å². The Kier molecular flexibility index (Phi) is 9.06. The van der Waals surface area contributed by atoms with Crippen LogP contribution in [-0.4, -0.2) is 41.6 Å². The quantitative estimate of drug-likeness (QED) is 0.686. The van der Waals surface area contributed by atoms with Gasteiger partial charge in [-0.05, 0) is 37.5 Å². The number of rotatable bonds is 9. The molecular formula is C16H32N2O3. The van der Waals surface area contributed by atoms with Crippen LogP contribution in [-0.2, 0) is 4.79 Å². The normalized spacial score (nSPS) is 12.8. The van der Waals surface area contributed by atoms with Gasteiger partial charge in [-0.1, -0.05) is 27.7 Å². The van der Waals surface area contributed by atoms with Crippen LogP contribution in [0.5, 0.6) is 0 Å². The highest BCUT2D eigenvalue weighted by atomic mass is 16.4. The number of carboxylic acid groups (broad SMARTS) is 1. The molecule has 0 aliphatic heterocycles. The number of carbonyl (C=O) groups excluding carboxylic acids is 1. The van der Waals surface area contributed by atoms with E-state index in [0.717, 1.165) is 19.4 Å². The lowest BCUT2D eigenvalue weighted by atomic mass is 9.76. The van der Waals surface area contributed by atoms with Crippen LogP contribution in [0.2, 0.25) is 0 Å². The molecule has 0 aromatic carbocycles. The van der Waals surface area contributed by atoms with Crippen LogP contribution >= 0.6 is 0 Å². The summed E-state index contributed by atoms with van der Waals surface area (Å²) in [7, 11) is 0. The van der Waals surface area contributed by atoms with Gasteiger partial charge in [-0.2, -0.15) is 0 Å². The minimum absolute atomic E-state index is 0.0229. The Hall–Kier alpha value is -1.26. The second-order valence-electron chi connectivity index (χ2n) is 6.60. The van der Waals surface area contributed by atoms with Crippen molar-refractivity contribution in [3.63, 3.8) is 0 Å². The van der Waals surface area contributed by atoms with Crippen LogP contribution in [0.4, 0.5) is 4.79 Å². The summed E-state index contributed by atoms with van der Waals surface area (Å²) in [6.07, 6.45) is 2.60. The van der Waals surface area contributed by atoms with Gasteiger partial charge in [0.1, 0.15) is 0 Å². The van der Waals surface area contributed by atoms with Crippen molar-refractivity contribution in [1.29, 1.82) is 0 Å². The molecule has 1 atom stereocenters. The van der Waals surface area contributed by atoms with Crippen LogP contribution in [0.3, 0.4) is 0 Å². The Morgan fingerprint density at radius 1 is 1.19 bits per heavy atom. The number of carbonyl (C=O) groups is 2. The first-order valence-corrected chi connectivity index (χ1v) is 7.96. The van der Waals surface area contributed by atoms with Gasteiger partial charge in [0.25, 0.3) is 0 Å². The van der Waals surface area contributed by atoms with Crippen LogP contribution in [0.15, 0.2) is 0 Å². The first kappa shape index (κ1) is 19.7. The molecule has 2 N–H and O–H groups in total. The third kappa shape index (κ3) is 8.58. The second-order valence-corrected chi connectivity index (χ2v) is 6.60. The van der Waals surface area contributed by atoms with Crippen molar-refractivity contribution in [1.82, 2.24) is 10.2 Å². The highest BCUT2D eigenvalue weighted by Crippen LogP contribution is 2.32. The SMILES string of the molecule is CCCN(CC)C(=O)NCCC(CCC(=O)O)C(C)(C)C. The van der Waals surface area contributed by atoms with E-state index in [9.17, 15) is 9.59 Å². The van der Waals surface area contributed by atoms with Gasteiger partial charge < -0.3 is 15.3 Å². The number of nitrogens with one attached hydrogen (secondary N) is 1. The highest BCUT2D eigenvalue weighted by molar-refractivity contribution is 5.74. The molecule has 0 aromatic heterocycles. The molecule has 5 heteroatoms. The van der Waals surface area contributed by atoms with Crippen LogP contribution in [0, 0.1) is 11.3 Å². The summed E-state index contributed by atoms with van der Waals surface area (Å²) in [5.41, 5.74) is 0.0496. The van der Waals surface area contributed by atoms with Crippen molar-refractivity contribution in [3.8, 4) is 0 Å². The van der Waals surface area contributed by atoms with E-state index >= 15 is 0 Å². The van der Waals surface area contributed by atoms with Crippen molar-refractivity contribution >= 4 is 12.0 Å². The number of urea groups is 1. The zero-order valence-corrected chi connectivity index (χ0v) is 14.2. The lowest BCUT2D eigenvalue weighted by molar-refractivity contribution is -0.137. The zero-order chi connectivity index (χ0) is 16.5. The Labute approximate surface area is 129 Å². The number of carboxylic acids is 1. The topological polar surface area (TPSA) is 69.6 Å². The average Bonchev–Trinajstić information content (AvgIpc) is 2.37. The summed E-state index contributed by atoms with van der Waals surface area (Å²) < 4.78 is 0. The van der Waals surface area contributed by atoms with E-state index in [1.54, 1.807) is 4.90 Å². The van der Waals surface area contributed by atoms with E-state index in [2.05, 4.69) is 33.0 Å². The van der Waals surface area contributed by atoms with Gasteiger partial charge in [-0.15, -0.1) is 0 Å². The van der Waals surface area contributed by atoms with E-state index in [0.29, 0.717) is 19.5 Å². The first-order chi connectivity index (χ1) is 9.72. The molecule has 0 fully saturated rings. The van der Waals surface area contributed by atoms with Crippen LogP contribution < -0.4 is 5.32 Å². The molecule has 0 heterocycles. The van der Waals surface area contributed by atoms with Gasteiger partial charge in [-0.3, -0.25) is 4.79 Å². The maximum Gasteiger partial charge on any atom is 0.317 e. The first-order valence-electron chi connectivity index (χ1n) is 7.96. The zero-order valence-electron chi connectivity index (χ0n) is 14.2. The van der Waals surface area contributed by atoms with Gasteiger partial charge in [-0.25, -0.2) is 4.79 Å². The molecule has 124 valence electrons. The molecule has 0 saturated heterocycles. The highest BCUT2D eigenvalue weighted by Gasteiger charge is 2.25. The minimum atomic E-state index is -0.756. The third-order valence-electron chi connectivity index (χ3n) is 3.86. The summed E-state index contributed by atoms with van der Waals surface area (Å²) in [4.78, 5) is 24.5. The molecule has 0 aromatic rings. The molecule has 0 saturated carbocycles. The lowest BCUT2D eigenvalue weighted by Gasteiger charge is -2.31. The number of amides is 2. The number of hydrogen-bond acceptors (Lipinski definition) is 2. The van der Waals surface area contributed by atoms with E-state index in [1.165, 1.54) is 0 Å². The summed E-state index contributed by atoms with van der Waals surface area (Å²) in [5, 5.41) is 11.8. The predicted molar refractivity (Wildman–Crippen MR) is 85.4 cm³/mol. The minimum Gasteiger partial charge on any atom is -0.481 e. The molecule has 0 spiro atoms. The molecule has 21 heavy (non-hydrogen) atoms. The molecule has 0 rings (SSSR count). The van der Waals surface area contributed by atoms with E-state index in [1.807, 2.05) is 6.92 Å².